The van der Waals surface area contributed by atoms with E-state index in [1.807, 2.05) is 30.3 Å². The van der Waals surface area contributed by atoms with Gasteiger partial charge in [0.25, 0.3) is 0 Å². The number of allylic oxidation sites excluding steroid dienone is 2. The molecule has 3 N–H and O–H groups in total. The van der Waals surface area contributed by atoms with Gasteiger partial charge in [-0.25, -0.2) is 0 Å². The standard InChI is InChI=1S/C34H36BNO6/c1-3-7-22-17-27-32(34(39)36(33(27)38)24-9-6-8-23(18-24)35(40)41)28-19-42-30(31(22)28)15-12-20(2)16-21-13-14-29(37)26-11-5-4-10-25(21)26/h4-6,8-11,13-14,16,18,27-28,30,32,37,40-41H,3,7,12,15,17,19H2,1-2H3/b20-16+/t27-,28+,30-,32-/m1/s1. The minimum Gasteiger partial charge on any atom is -0.507 e. The third-order valence-corrected chi connectivity index (χ3v) is 9.12. The number of phenolic OH excluding ortho intramolecular Hbond substituents is 1. The number of imide groups is 1. The van der Waals surface area contributed by atoms with E-state index in [4.69, 9.17) is 4.74 Å². The summed E-state index contributed by atoms with van der Waals surface area (Å²) in [5.41, 5.74) is 5.34. The normalized spacial score (nSPS) is 24.0. The van der Waals surface area contributed by atoms with Gasteiger partial charge in [-0.05, 0) is 72.8 Å². The minimum absolute atomic E-state index is 0.0952. The summed E-state index contributed by atoms with van der Waals surface area (Å²) < 4.78 is 6.38. The fourth-order valence-corrected chi connectivity index (χ4v) is 7.22. The molecule has 0 saturated carbocycles. The molecule has 3 aromatic carbocycles. The summed E-state index contributed by atoms with van der Waals surface area (Å²) in [6.45, 7) is 4.66. The first-order valence-electron chi connectivity index (χ1n) is 14.8. The van der Waals surface area contributed by atoms with E-state index < -0.39 is 19.0 Å². The lowest BCUT2D eigenvalue weighted by atomic mass is 9.68. The second-order valence-corrected chi connectivity index (χ2v) is 11.8. The van der Waals surface area contributed by atoms with Crippen LogP contribution in [0.5, 0.6) is 5.75 Å². The van der Waals surface area contributed by atoms with Crippen molar-refractivity contribution in [3.63, 3.8) is 0 Å². The molecule has 6 rings (SSSR count). The molecule has 216 valence electrons. The van der Waals surface area contributed by atoms with Crippen LogP contribution in [0.15, 0.2) is 77.4 Å². The van der Waals surface area contributed by atoms with Crippen LogP contribution in [-0.4, -0.2) is 46.8 Å². The lowest BCUT2D eigenvalue weighted by molar-refractivity contribution is -0.122. The summed E-state index contributed by atoms with van der Waals surface area (Å²) in [5, 5.41) is 31.4. The molecule has 2 saturated heterocycles. The molecule has 0 bridgehead atoms. The number of amides is 2. The SMILES string of the molecule is CCCC1=C2[C@@H](CC/C(C)=C/c3ccc(O)c4ccccc34)OC[C@@H]2[C@@H]2C(=O)N(c3cccc(B(O)O)c3)C(=O)[C@@H]2C1. The molecule has 7 nitrogen and oxygen atoms in total. The minimum atomic E-state index is -1.68. The van der Waals surface area contributed by atoms with Crippen molar-refractivity contribution in [1.82, 2.24) is 0 Å². The van der Waals surface area contributed by atoms with E-state index in [0.29, 0.717) is 18.7 Å². The molecule has 2 amide bonds. The van der Waals surface area contributed by atoms with Gasteiger partial charge in [0, 0.05) is 11.3 Å². The van der Waals surface area contributed by atoms with Crippen LogP contribution < -0.4 is 10.4 Å². The molecule has 2 heterocycles. The van der Waals surface area contributed by atoms with E-state index in [-0.39, 0.29) is 35.0 Å². The lowest BCUT2D eigenvalue weighted by Crippen LogP contribution is -2.35. The fourth-order valence-electron chi connectivity index (χ4n) is 7.22. The summed E-state index contributed by atoms with van der Waals surface area (Å²) in [5.74, 6) is -1.21. The Morgan fingerprint density at radius 1 is 1.02 bits per heavy atom. The van der Waals surface area contributed by atoms with Crippen LogP contribution in [0.2, 0.25) is 0 Å². The number of hydrogen-bond donors (Lipinski definition) is 3. The first kappa shape index (κ1) is 28.4. The van der Waals surface area contributed by atoms with Gasteiger partial charge < -0.3 is 19.9 Å². The van der Waals surface area contributed by atoms with Crippen LogP contribution in [0, 0.1) is 17.8 Å². The Balaban J connectivity index is 1.24. The van der Waals surface area contributed by atoms with Crippen molar-refractivity contribution >= 4 is 46.9 Å². The first-order chi connectivity index (χ1) is 20.3. The van der Waals surface area contributed by atoms with Crippen molar-refractivity contribution in [3.05, 3.63) is 82.9 Å². The zero-order chi connectivity index (χ0) is 29.5. The molecule has 3 aromatic rings. The number of carbonyl (C=O) groups excluding carboxylic acids is 2. The van der Waals surface area contributed by atoms with Crippen molar-refractivity contribution in [3.8, 4) is 5.75 Å². The molecular formula is C34H36BNO6. The first-order valence-corrected chi connectivity index (χ1v) is 14.8. The fraction of sp³-hybridized carbons (Fsp3) is 0.353. The van der Waals surface area contributed by atoms with E-state index >= 15 is 0 Å². The van der Waals surface area contributed by atoms with Crippen molar-refractivity contribution < 1.29 is 29.5 Å². The number of hydrogen-bond acceptors (Lipinski definition) is 6. The van der Waals surface area contributed by atoms with Crippen molar-refractivity contribution in [2.24, 2.45) is 17.8 Å². The second-order valence-electron chi connectivity index (χ2n) is 11.8. The average Bonchev–Trinajstić information content (AvgIpc) is 3.52. The zero-order valence-corrected chi connectivity index (χ0v) is 24.0. The summed E-state index contributed by atoms with van der Waals surface area (Å²) in [7, 11) is -1.68. The number of fused-ring (bicyclic) bond motifs is 4. The van der Waals surface area contributed by atoms with Crippen LogP contribution in [0.25, 0.3) is 16.8 Å². The van der Waals surface area contributed by atoms with Gasteiger partial charge in [0.2, 0.25) is 11.8 Å². The Morgan fingerprint density at radius 3 is 2.57 bits per heavy atom. The van der Waals surface area contributed by atoms with E-state index in [9.17, 15) is 24.7 Å². The maximum absolute atomic E-state index is 13.8. The Bertz CT molecular complexity index is 1610. The molecule has 2 aliphatic heterocycles. The van der Waals surface area contributed by atoms with E-state index in [1.165, 1.54) is 27.7 Å². The molecule has 8 heteroatoms. The Morgan fingerprint density at radius 2 is 1.81 bits per heavy atom. The van der Waals surface area contributed by atoms with Crippen LogP contribution in [0.4, 0.5) is 5.69 Å². The molecule has 1 aliphatic carbocycles. The van der Waals surface area contributed by atoms with E-state index in [0.717, 1.165) is 42.0 Å². The third kappa shape index (κ3) is 4.98. The van der Waals surface area contributed by atoms with Crippen LogP contribution in [-0.2, 0) is 14.3 Å². The predicted molar refractivity (Wildman–Crippen MR) is 164 cm³/mol. The maximum Gasteiger partial charge on any atom is 0.488 e. The van der Waals surface area contributed by atoms with Crippen molar-refractivity contribution in [2.75, 3.05) is 11.5 Å². The van der Waals surface area contributed by atoms with Gasteiger partial charge in [0.1, 0.15) is 5.75 Å². The van der Waals surface area contributed by atoms with Gasteiger partial charge in [-0.3, -0.25) is 14.5 Å². The van der Waals surface area contributed by atoms with Crippen molar-refractivity contribution in [1.29, 1.82) is 0 Å². The molecule has 0 unspecified atom stereocenters. The number of ether oxygens (including phenoxy) is 1. The molecule has 2 fully saturated rings. The van der Waals surface area contributed by atoms with Gasteiger partial charge >= 0.3 is 7.12 Å². The maximum atomic E-state index is 13.8. The van der Waals surface area contributed by atoms with Gasteiger partial charge in [-0.15, -0.1) is 0 Å². The molecule has 0 spiro atoms. The molecular weight excluding hydrogens is 529 g/mol. The van der Waals surface area contributed by atoms with Gasteiger partial charge in [0.05, 0.1) is 30.2 Å². The lowest BCUT2D eigenvalue weighted by Gasteiger charge is -2.31. The highest BCUT2D eigenvalue weighted by molar-refractivity contribution is 6.58. The average molecular weight is 565 g/mol. The molecule has 0 aromatic heterocycles. The number of rotatable bonds is 8. The predicted octanol–water partition coefficient (Wildman–Crippen LogP) is 4.73. The van der Waals surface area contributed by atoms with Gasteiger partial charge in [-0.2, -0.15) is 0 Å². The highest BCUT2D eigenvalue weighted by Crippen LogP contribution is 2.51. The summed E-state index contributed by atoms with van der Waals surface area (Å²) in [6.07, 6.45) is 6.06. The quantitative estimate of drug-likeness (QED) is 0.207. The Kier molecular flexibility index (Phi) is 7.79. The second kappa shape index (κ2) is 11.5. The van der Waals surface area contributed by atoms with Gasteiger partial charge in [-0.1, -0.05) is 73.0 Å². The number of benzene rings is 3. The van der Waals surface area contributed by atoms with Gasteiger partial charge in [0.15, 0.2) is 0 Å². The number of nitrogens with zero attached hydrogens (tertiary/aromatic N) is 1. The zero-order valence-electron chi connectivity index (χ0n) is 24.0. The number of carbonyl (C=O) groups is 2. The molecule has 42 heavy (non-hydrogen) atoms. The topological polar surface area (TPSA) is 107 Å². The molecule has 0 radical (unpaired) electrons. The summed E-state index contributed by atoms with van der Waals surface area (Å²) in [4.78, 5) is 28.7. The Hall–Kier alpha value is -3.72. The van der Waals surface area contributed by atoms with E-state index in [2.05, 4.69) is 19.9 Å². The highest BCUT2D eigenvalue weighted by Gasteiger charge is 2.57. The third-order valence-electron chi connectivity index (χ3n) is 9.12. The molecule has 4 atom stereocenters. The highest BCUT2D eigenvalue weighted by atomic mass is 16.5. The van der Waals surface area contributed by atoms with E-state index in [1.54, 1.807) is 24.3 Å². The number of aromatic hydroxyl groups is 1. The summed E-state index contributed by atoms with van der Waals surface area (Å²) >= 11 is 0. The van der Waals surface area contributed by atoms with Crippen LogP contribution in [0.3, 0.4) is 0 Å². The van der Waals surface area contributed by atoms with Crippen molar-refractivity contribution in [2.45, 2.75) is 52.1 Å². The van der Waals surface area contributed by atoms with Crippen LogP contribution >= 0.6 is 0 Å². The number of phenols is 1. The number of anilines is 1. The Labute approximate surface area is 246 Å². The molecule has 3 aliphatic rings. The largest absolute Gasteiger partial charge is 0.507 e. The smallest absolute Gasteiger partial charge is 0.488 e. The summed E-state index contributed by atoms with van der Waals surface area (Å²) in [6, 6.07) is 17.9. The van der Waals surface area contributed by atoms with Crippen LogP contribution in [0.1, 0.15) is 51.5 Å². The monoisotopic (exact) mass is 565 g/mol.